The van der Waals surface area contributed by atoms with Gasteiger partial charge in [-0.3, -0.25) is 0 Å². The van der Waals surface area contributed by atoms with Crippen LogP contribution in [0.25, 0.3) is 16.9 Å². The summed E-state index contributed by atoms with van der Waals surface area (Å²) in [4.78, 5) is 0. The average Bonchev–Trinajstić information content (AvgIpc) is 2.95. The Kier molecular flexibility index (Phi) is 3.25. The average molecular weight is 274 g/mol. The van der Waals surface area contributed by atoms with E-state index in [1.807, 2.05) is 42.5 Å². The highest BCUT2D eigenvalue weighted by atomic mass is 15.4. The van der Waals surface area contributed by atoms with Crippen molar-refractivity contribution in [2.45, 2.75) is 13.8 Å². The Balaban J connectivity index is 2.24. The largest absolute Gasteiger partial charge is 0.211 e. The van der Waals surface area contributed by atoms with Gasteiger partial charge < -0.3 is 0 Å². The molecule has 0 saturated heterocycles. The summed E-state index contributed by atoms with van der Waals surface area (Å²) in [5, 5.41) is 17.4. The molecule has 0 N–H and O–H groups in total. The minimum atomic E-state index is 0.335. The van der Waals surface area contributed by atoms with Gasteiger partial charge in [0.15, 0.2) is 5.69 Å². The van der Waals surface area contributed by atoms with Crippen LogP contribution in [0, 0.1) is 25.2 Å². The normalized spacial score (nSPS) is 10.3. The van der Waals surface area contributed by atoms with Crippen molar-refractivity contribution in [1.82, 2.24) is 15.0 Å². The standard InChI is InChI=1S/C17H14N4/c1-12-8-9-14(10-13(12)2)17-16(11-18)19-20-21(17)15-6-4-3-5-7-15/h3-10H,1-2H3. The maximum absolute atomic E-state index is 9.30. The van der Waals surface area contributed by atoms with E-state index in [2.05, 4.69) is 36.3 Å². The van der Waals surface area contributed by atoms with Crippen molar-refractivity contribution >= 4 is 0 Å². The van der Waals surface area contributed by atoms with Crippen LogP contribution in [0.4, 0.5) is 0 Å². The van der Waals surface area contributed by atoms with Crippen molar-refractivity contribution in [2.24, 2.45) is 0 Å². The minimum absolute atomic E-state index is 0.335. The fourth-order valence-electron chi connectivity index (χ4n) is 2.25. The molecule has 0 bridgehead atoms. The Bertz CT molecular complexity index is 826. The molecule has 0 atom stereocenters. The van der Waals surface area contributed by atoms with Crippen LogP contribution in [0.1, 0.15) is 16.8 Å². The van der Waals surface area contributed by atoms with Gasteiger partial charge in [-0.25, -0.2) is 4.68 Å². The molecule has 2 aromatic carbocycles. The summed E-state index contributed by atoms with van der Waals surface area (Å²) < 4.78 is 1.71. The first kappa shape index (κ1) is 13.1. The van der Waals surface area contributed by atoms with Gasteiger partial charge in [0.1, 0.15) is 11.8 Å². The fraction of sp³-hybridized carbons (Fsp3) is 0.118. The van der Waals surface area contributed by atoms with E-state index in [4.69, 9.17) is 0 Å². The molecular formula is C17H14N4. The molecule has 0 aliphatic rings. The van der Waals surface area contributed by atoms with Gasteiger partial charge in [0.05, 0.1) is 5.69 Å². The van der Waals surface area contributed by atoms with Gasteiger partial charge in [-0.2, -0.15) is 5.26 Å². The minimum Gasteiger partial charge on any atom is -0.211 e. The van der Waals surface area contributed by atoms with Crippen molar-refractivity contribution in [3.8, 4) is 23.0 Å². The number of benzene rings is 2. The lowest BCUT2D eigenvalue weighted by Crippen LogP contribution is -1.99. The number of hydrogen-bond acceptors (Lipinski definition) is 3. The zero-order valence-corrected chi connectivity index (χ0v) is 11.9. The van der Waals surface area contributed by atoms with Crippen LogP contribution >= 0.6 is 0 Å². The van der Waals surface area contributed by atoms with Crippen molar-refractivity contribution < 1.29 is 0 Å². The maximum Gasteiger partial charge on any atom is 0.191 e. The quantitative estimate of drug-likeness (QED) is 0.719. The molecule has 1 heterocycles. The molecule has 0 unspecified atom stereocenters. The van der Waals surface area contributed by atoms with Crippen LogP contribution in [0.2, 0.25) is 0 Å². The van der Waals surface area contributed by atoms with Gasteiger partial charge in [0.2, 0.25) is 0 Å². The summed E-state index contributed by atoms with van der Waals surface area (Å²) >= 11 is 0. The van der Waals surface area contributed by atoms with E-state index < -0.39 is 0 Å². The molecule has 4 nitrogen and oxygen atoms in total. The number of rotatable bonds is 2. The molecule has 1 aromatic heterocycles. The van der Waals surface area contributed by atoms with Crippen molar-refractivity contribution in [1.29, 1.82) is 5.26 Å². The van der Waals surface area contributed by atoms with Crippen molar-refractivity contribution in [2.75, 3.05) is 0 Å². The summed E-state index contributed by atoms with van der Waals surface area (Å²) in [5.41, 5.74) is 5.30. The van der Waals surface area contributed by atoms with E-state index in [-0.39, 0.29) is 0 Å². The Morgan fingerprint density at radius 1 is 1.00 bits per heavy atom. The zero-order valence-electron chi connectivity index (χ0n) is 11.9. The van der Waals surface area contributed by atoms with Crippen molar-refractivity contribution in [3.05, 3.63) is 65.4 Å². The number of hydrogen-bond donors (Lipinski definition) is 0. The molecular weight excluding hydrogens is 260 g/mol. The maximum atomic E-state index is 9.30. The van der Waals surface area contributed by atoms with Crippen LogP contribution in [0.3, 0.4) is 0 Å². The first-order valence-corrected chi connectivity index (χ1v) is 6.69. The van der Waals surface area contributed by atoms with Gasteiger partial charge in [-0.1, -0.05) is 35.5 Å². The first-order chi connectivity index (χ1) is 10.2. The molecule has 0 radical (unpaired) electrons. The Morgan fingerprint density at radius 3 is 2.43 bits per heavy atom. The smallest absolute Gasteiger partial charge is 0.191 e. The van der Waals surface area contributed by atoms with Crippen LogP contribution in [-0.2, 0) is 0 Å². The second-order valence-corrected chi connectivity index (χ2v) is 4.94. The van der Waals surface area contributed by atoms with Crippen LogP contribution < -0.4 is 0 Å². The molecule has 0 amide bonds. The summed E-state index contributed by atoms with van der Waals surface area (Å²) in [6, 6.07) is 17.9. The second kappa shape index (κ2) is 5.22. The molecule has 21 heavy (non-hydrogen) atoms. The number of nitrogens with zero attached hydrogens (tertiary/aromatic N) is 4. The lowest BCUT2D eigenvalue weighted by atomic mass is 10.0. The fourth-order valence-corrected chi connectivity index (χ4v) is 2.25. The number of aryl methyl sites for hydroxylation is 2. The Morgan fingerprint density at radius 2 is 1.76 bits per heavy atom. The predicted molar refractivity (Wildman–Crippen MR) is 81.0 cm³/mol. The molecule has 0 aliphatic carbocycles. The van der Waals surface area contributed by atoms with Crippen LogP contribution in [-0.4, -0.2) is 15.0 Å². The molecule has 4 heteroatoms. The summed E-state index contributed by atoms with van der Waals surface area (Å²) in [6.45, 7) is 4.12. The SMILES string of the molecule is Cc1ccc(-c2c(C#N)nnn2-c2ccccc2)cc1C. The van der Waals surface area contributed by atoms with Crippen LogP contribution in [0.5, 0.6) is 0 Å². The molecule has 102 valence electrons. The van der Waals surface area contributed by atoms with Gasteiger partial charge in [-0.15, -0.1) is 5.10 Å². The third kappa shape index (κ3) is 2.30. The number of aromatic nitrogens is 3. The number of para-hydroxylation sites is 1. The summed E-state index contributed by atoms with van der Waals surface area (Å²) in [5.74, 6) is 0. The van der Waals surface area contributed by atoms with Crippen LogP contribution in [0.15, 0.2) is 48.5 Å². The van der Waals surface area contributed by atoms with Gasteiger partial charge in [-0.05, 0) is 43.2 Å². The van der Waals surface area contributed by atoms with E-state index >= 15 is 0 Å². The predicted octanol–water partition coefficient (Wildman–Crippen LogP) is 3.42. The highest BCUT2D eigenvalue weighted by Gasteiger charge is 2.16. The Hall–Kier alpha value is -2.93. The molecule has 0 saturated carbocycles. The molecule has 0 aliphatic heterocycles. The van der Waals surface area contributed by atoms with Gasteiger partial charge >= 0.3 is 0 Å². The summed E-state index contributed by atoms with van der Waals surface area (Å²) in [6.07, 6.45) is 0. The second-order valence-electron chi connectivity index (χ2n) is 4.94. The Labute approximate surface area is 123 Å². The molecule has 3 rings (SSSR count). The molecule has 0 fully saturated rings. The topological polar surface area (TPSA) is 54.5 Å². The zero-order chi connectivity index (χ0) is 14.8. The first-order valence-electron chi connectivity index (χ1n) is 6.69. The van der Waals surface area contributed by atoms with E-state index in [1.54, 1.807) is 4.68 Å². The lowest BCUT2D eigenvalue weighted by Gasteiger charge is -2.08. The van der Waals surface area contributed by atoms with Crippen molar-refractivity contribution in [3.63, 3.8) is 0 Å². The van der Waals surface area contributed by atoms with Gasteiger partial charge in [0, 0.05) is 5.56 Å². The highest BCUT2D eigenvalue weighted by molar-refractivity contribution is 5.68. The third-order valence-electron chi connectivity index (χ3n) is 3.56. The monoisotopic (exact) mass is 274 g/mol. The summed E-state index contributed by atoms with van der Waals surface area (Å²) in [7, 11) is 0. The third-order valence-corrected chi connectivity index (χ3v) is 3.56. The highest BCUT2D eigenvalue weighted by Crippen LogP contribution is 2.26. The van der Waals surface area contributed by atoms with E-state index in [9.17, 15) is 5.26 Å². The van der Waals surface area contributed by atoms with E-state index in [1.165, 1.54) is 11.1 Å². The lowest BCUT2D eigenvalue weighted by molar-refractivity contribution is 0.806. The van der Waals surface area contributed by atoms with E-state index in [0.717, 1.165) is 16.9 Å². The number of nitriles is 1. The molecule has 3 aromatic rings. The van der Waals surface area contributed by atoms with E-state index in [0.29, 0.717) is 5.69 Å². The van der Waals surface area contributed by atoms with Gasteiger partial charge in [0.25, 0.3) is 0 Å². The molecule has 0 spiro atoms.